The van der Waals surface area contributed by atoms with Gasteiger partial charge in [0.1, 0.15) is 0 Å². The van der Waals surface area contributed by atoms with Gasteiger partial charge in [-0.05, 0) is 49.8 Å². The Morgan fingerprint density at radius 1 is 1.28 bits per heavy atom. The van der Waals surface area contributed by atoms with Crippen LogP contribution in [0, 0.1) is 0 Å². The number of aromatic amines is 1. The molecule has 2 aromatic rings. The minimum absolute atomic E-state index is 0.178. The maximum absolute atomic E-state index is 13.1. The summed E-state index contributed by atoms with van der Waals surface area (Å²) in [4.78, 5) is 17.4. The van der Waals surface area contributed by atoms with Gasteiger partial charge in [0.25, 0.3) is 0 Å². The summed E-state index contributed by atoms with van der Waals surface area (Å²) in [6.45, 7) is 3.66. The Bertz CT molecular complexity index is 782. The number of aryl methyl sites for hydroxylation is 1. The van der Waals surface area contributed by atoms with E-state index in [4.69, 9.17) is 0 Å². The van der Waals surface area contributed by atoms with Gasteiger partial charge in [-0.25, -0.2) is 0 Å². The van der Waals surface area contributed by atoms with E-state index in [1.807, 2.05) is 4.90 Å². The molecule has 1 N–H and O–H groups in total. The molecule has 1 atom stereocenters. The van der Waals surface area contributed by atoms with Crippen LogP contribution < -0.4 is 4.90 Å². The standard InChI is InChI=1S/C20H26N4O/c1-14-12-23(2)19-10-6-3-7-15(19)13-24(14)20(25)11-18-16-8-4-5-9-17(16)21-22-18/h3,6-7,10,14H,4-5,8-9,11-13H2,1-2H3,(H,21,22)/t14-/m0/s1. The number of hydrogen-bond acceptors (Lipinski definition) is 3. The van der Waals surface area contributed by atoms with Crippen LogP contribution in [-0.4, -0.2) is 40.6 Å². The molecule has 5 nitrogen and oxygen atoms in total. The fourth-order valence-corrected chi connectivity index (χ4v) is 4.22. The zero-order valence-corrected chi connectivity index (χ0v) is 15.1. The number of fused-ring (bicyclic) bond motifs is 2. The molecular formula is C20H26N4O. The van der Waals surface area contributed by atoms with Crippen LogP contribution in [0.25, 0.3) is 0 Å². The maximum atomic E-state index is 13.1. The lowest BCUT2D eigenvalue weighted by atomic mass is 9.95. The molecule has 5 heteroatoms. The van der Waals surface area contributed by atoms with Gasteiger partial charge in [0.2, 0.25) is 5.91 Å². The Morgan fingerprint density at radius 2 is 2.08 bits per heavy atom. The van der Waals surface area contributed by atoms with E-state index in [1.165, 1.54) is 35.3 Å². The highest BCUT2D eigenvalue weighted by molar-refractivity contribution is 5.79. The monoisotopic (exact) mass is 338 g/mol. The first-order valence-corrected chi connectivity index (χ1v) is 9.27. The summed E-state index contributed by atoms with van der Waals surface area (Å²) in [6, 6.07) is 8.56. The first-order valence-electron chi connectivity index (χ1n) is 9.27. The molecule has 0 radical (unpaired) electrons. The van der Waals surface area contributed by atoms with Crippen molar-refractivity contribution in [3.05, 3.63) is 46.8 Å². The molecule has 1 aromatic carbocycles. The lowest BCUT2D eigenvalue weighted by Gasteiger charge is -2.28. The molecule has 0 unspecified atom stereocenters. The second kappa shape index (κ2) is 6.54. The molecular weight excluding hydrogens is 312 g/mol. The van der Waals surface area contributed by atoms with Crippen molar-refractivity contribution in [1.29, 1.82) is 0 Å². The minimum atomic E-state index is 0.178. The lowest BCUT2D eigenvalue weighted by molar-refractivity contribution is -0.132. The Kier molecular flexibility index (Phi) is 4.24. The van der Waals surface area contributed by atoms with E-state index >= 15 is 0 Å². The third-order valence-corrected chi connectivity index (χ3v) is 5.59. The van der Waals surface area contributed by atoms with E-state index < -0.39 is 0 Å². The summed E-state index contributed by atoms with van der Waals surface area (Å²) in [7, 11) is 2.10. The first-order chi connectivity index (χ1) is 12.1. The zero-order chi connectivity index (χ0) is 17.4. The summed E-state index contributed by atoms with van der Waals surface area (Å²) >= 11 is 0. The van der Waals surface area contributed by atoms with Crippen LogP contribution >= 0.6 is 0 Å². The molecule has 0 bridgehead atoms. The molecule has 4 rings (SSSR count). The Morgan fingerprint density at radius 3 is 2.96 bits per heavy atom. The molecule has 1 aromatic heterocycles. The van der Waals surface area contributed by atoms with Gasteiger partial charge in [0.15, 0.2) is 0 Å². The smallest absolute Gasteiger partial charge is 0.229 e. The molecule has 1 aliphatic heterocycles. The van der Waals surface area contributed by atoms with E-state index in [9.17, 15) is 4.79 Å². The number of H-pyrrole nitrogens is 1. The highest BCUT2D eigenvalue weighted by Crippen LogP contribution is 2.27. The number of hydrogen-bond donors (Lipinski definition) is 1. The van der Waals surface area contributed by atoms with E-state index in [-0.39, 0.29) is 11.9 Å². The van der Waals surface area contributed by atoms with Gasteiger partial charge in [0.05, 0.1) is 12.1 Å². The van der Waals surface area contributed by atoms with Gasteiger partial charge in [-0.15, -0.1) is 0 Å². The van der Waals surface area contributed by atoms with Crippen LogP contribution in [0.5, 0.6) is 0 Å². The van der Waals surface area contributed by atoms with Crippen LogP contribution in [0.3, 0.4) is 0 Å². The van der Waals surface area contributed by atoms with Crippen LogP contribution in [0.1, 0.15) is 42.3 Å². The summed E-state index contributed by atoms with van der Waals surface area (Å²) in [5, 5.41) is 7.61. The average Bonchev–Trinajstić information content (AvgIpc) is 2.97. The van der Waals surface area contributed by atoms with E-state index in [2.05, 4.69) is 53.3 Å². The highest BCUT2D eigenvalue weighted by atomic mass is 16.2. The lowest BCUT2D eigenvalue weighted by Crippen LogP contribution is -2.42. The molecule has 1 amide bonds. The molecule has 2 heterocycles. The second-order valence-electron chi connectivity index (χ2n) is 7.39. The largest absolute Gasteiger partial charge is 0.372 e. The Balaban J connectivity index is 1.56. The third-order valence-electron chi connectivity index (χ3n) is 5.59. The number of benzene rings is 1. The van der Waals surface area contributed by atoms with Crippen LogP contribution in [0.4, 0.5) is 5.69 Å². The number of carbonyl (C=O) groups is 1. The molecule has 2 aliphatic rings. The first kappa shape index (κ1) is 16.2. The van der Waals surface area contributed by atoms with Crippen molar-refractivity contribution in [1.82, 2.24) is 15.1 Å². The maximum Gasteiger partial charge on any atom is 0.229 e. The Hall–Kier alpha value is -2.30. The van der Waals surface area contributed by atoms with Crippen LogP contribution in [0.2, 0.25) is 0 Å². The number of likely N-dealkylation sites (N-methyl/N-ethyl adjacent to an activating group) is 1. The van der Waals surface area contributed by atoms with Crippen molar-refractivity contribution in [2.24, 2.45) is 0 Å². The van der Waals surface area contributed by atoms with Gasteiger partial charge in [-0.3, -0.25) is 9.89 Å². The fourth-order valence-electron chi connectivity index (χ4n) is 4.22. The number of rotatable bonds is 2. The minimum Gasteiger partial charge on any atom is -0.372 e. The topological polar surface area (TPSA) is 52.2 Å². The van der Waals surface area contributed by atoms with Crippen molar-refractivity contribution in [2.45, 2.75) is 51.6 Å². The van der Waals surface area contributed by atoms with E-state index in [0.29, 0.717) is 13.0 Å². The van der Waals surface area contributed by atoms with Gasteiger partial charge >= 0.3 is 0 Å². The highest BCUT2D eigenvalue weighted by Gasteiger charge is 2.28. The number of carbonyl (C=O) groups excluding carboxylic acids is 1. The summed E-state index contributed by atoms with van der Waals surface area (Å²) in [6.07, 6.45) is 4.94. The van der Waals surface area contributed by atoms with Crippen molar-refractivity contribution < 1.29 is 4.79 Å². The molecule has 0 saturated heterocycles. The summed E-state index contributed by atoms with van der Waals surface area (Å²) in [5.74, 6) is 0.178. The third kappa shape index (κ3) is 3.03. The van der Waals surface area contributed by atoms with E-state index in [0.717, 1.165) is 25.1 Å². The van der Waals surface area contributed by atoms with E-state index in [1.54, 1.807) is 0 Å². The molecule has 25 heavy (non-hydrogen) atoms. The fraction of sp³-hybridized carbons (Fsp3) is 0.500. The van der Waals surface area contributed by atoms with Crippen LogP contribution in [0.15, 0.2) is 24.3 Å². The summed E-state index contributed by atoms with van der Waals surface area (Å²) < 4.78 is 0. The Labute approximate surface area is 149 Å². The average molecular weight is 338 g/mol. The normalized spacial score (nSPS) is 20.0. The van der Waals surface area contributed by atoms with Gasteiger partial charge in [0, 0.05) is 37.6 Å². The number of para-hydroxylation sites is 1. The van der Waals surface area contributed by atoms with Crippen molar-refractivity contribution in [3.8, 4) is 0 Å². The molecule has 132 valence electrons. The van der Waals surface area contributed by atoms with Crippen molar-refractivity contribution in [2.75, 3.05) is 18.5 Å². The number of amides is 1. The second-order valence-corrected chi connectivity index (χ2v) is 7.39. The molecule has 1 aliphatic carbocycles. The predicted octanol–water partition coefficient (Wildman–Crippen LogP) is 2.70. The zero-order valence-electron chi connectivity index (χ0n) is 15.1. The number of nitrogens with one attached hydrogen (secondary N) is 1. The number of nitrogens with zero attached hydrogens (tertiary/aromatic N) is 3. The van der Waals surface area contributed by atoms with Crippen LogP contribution in [-0.2, 0) is 30.6 Å². The molecule has 0 saturated carbocycles. The van der Waals surface area contributed by atoms with Gasteiger partial charge in [-0.1, -0.05) is 18.2 Å². The quantitative estimate of drug-likeness (QED) is 0.916. The van der Waals surface area contributed by atoms with Crippen molar-refractivity contribution in [3.63, 3.8) is 0 Å². The van der Waals surface area contributed by atoms with Gasteiger partial charge in [-0.2, -0.15) is 5.10 Å². The predicted molar refractivity (Wildman–Crippen MR) is 98.7 cm³/mol. The van der Waals surface area contributed by atoms with Crippen molar-refractivity contribution >= 4 is 11.6 Å². The molecule has 0 fully saturated rings. The number of aromatic nitrogens is 2. The van der Waals surface area contributed by atoms with Gasteiger partial charge < -0.3 is 9.80 Å². The summed E-state index contributed by atoms with van der Waals surface area (Å²) in [5.41, 5.74) is 5.92. The number of anilines is 1. The SMILES string of the molecule is C[C@H]1CN(C)c2ccccc2CN1C(=O)Cc1n[nH]c2c1CCCC2. The molecule has 0 spiro atoms.